The molecule has 3 atom stereocenters. The average Bonchev–Trinajstić information content (AvgIpc) is 2.79. The highest BCUT2D eigenvalue weighted by atomic mass is 35.5. The number of amides is 1. The summed E-state index contributed by atoms with van der Waals surface area (Å²) in [5, 5.41) is 10.9. The van der Waals surface area contributed by atoms with Crippen molar-refractivity contribution in [1.82, 2.24) is 4.90 Å². The third-order valence-corrected chi connectivity index (χ3v) is 7.19. The van der Waals surface area contributed by atoms with Gasteiger partial charge in [0.15, 0.2) is 0 Å². The predicted molar refractivity (Wildman–Crippen MR) is 117 cm³/mol. The topological polar surface area (TPSA) is 53.0 Å². The number of anilines is 1. The zero-order valence-corrected chi connectivity index (χ0v) is 17.7. The number of halogens is 1. The molecule has 1 amide bonds. The van der Waals surface area contributed by atoms with Crippen LogP contribution in [0.3, 0.4) is 0 Å². The van der Waals surface area contributed by atoms with E-state index in [1.165, 1.54) is 5.56 Å². The summed E-state index contributed by atoms with van der Waals surface area (Å²) in [4.78, 5) is 17.8. The highest BCUT2D eigenvalue weighted by molar-refractivity contribution is 6.30. The molecule has 0 spiro atoms. The van der Waals surface area contributed by atoms with Crippen LogP contribution < -0.4 is 4.90 Å². The van der Waals surface area contributed by atoms with Crippen LogP contribution >= 0.6 is 11.6 Å². The molecule has 158 valence electrons. The van der Waals surface area contributed by atoms with Gasteiger partial charge in [0.2, 0.25) is 5.91 Å². The Morgan fingerprint density at radius 2 is 1.83 bits per heavy atom. The van der Waals surface area contributed by atoms with E-state index in [1.807, 2.05) is 41.3 Å². The van der Waals surface area contributed by atoms with E-state index in [-0.39, 0.29) is 36.4 Å². The van der Waals surface area contributed by atoms with E-state index >= 15 is 0 Å². The molecule has 2 aromatic carbocycles. The molecule has 5 rings (SSSR count). The summed E-state index contributed by atoms with van der Waals surface area (Å²) in [5.74, 6) is 0.488. The number of ether oxygens (including phenoxy) is 1. The Morgan fingerprint density at radius 3 is 2.57 bits per heavy atom. The molecule has 2 fully saturated rings. The number of carbonyl (C=O) groups excluding carboxylic acids is 1. The van der Waals surface area contributed by atoms with E-state index in [2.05, 4.69) is 17.0 Å². The zero-order valence-electron chi connectivity index (χ0n) is 16.9. The number of rotatable bonds is 4. The third-order valence-electron chi connectivity index (χ3n) is 6.94. The summed E-state index contributed by atoms with van der Waals surface area (Å²) in [5.41, 5.74) is 3.36. The number of benzene rings is 2. The summed E-state index contributed by atoms with van der Waals surface area (Å²) >= 11 is 6.04. The number of nitrogens with zero attached hydrogens (tertiary/aromatic N) is 2. The van der Waals surface area contributed by atoms with Crippen molar-refractivity contribution in [2.45, 2.75) is 37.4 Å². The predicted octanol–water partition coefficient (Wildman–Crippen LogP) is 3.44. The first-order chi connectivity index (χ1) is 14.7. The van der Waals surface area contributed by atoms with Crippen LogP contribution in [-0.2, 0) is 16.1 Å². The standard InChI is InChI=1S/C24H27ClN2O3/c25-18-7-5-16(6-8-18)13-26-21-14-27(24(29)17-9-11-30-12-10-17)20-4-2-1-3-19(20)23(21)22(26)15-28/h1-8,17,21-23,28H,9-15H2/t21-,22-,23-/m1/s1. The van der Waals surface area contributed by atoms with E-state index in [1.54, 1.807) is 0 Å². The molecule has 0 aromatic heterocycles. The number of aliphatic hydroxyl groups excluding tert-OH is 1. The fourth-order valence-electron chi connectivity index (χ4n) is 5.37. The summed E-state index contributed by atoms with van der Waals surface area (Å²) in [7, 11) is 0. The normalized spacial score (nSPS) is 26.6. The van der Waals surface area contributed by atoms with Crippen LogP contribution in [0.5, 0.6) is 0 Å². The van der Waals surface area contributed by atoms with Gasteiger partial charge in [-0.3, -0.25) is 9.69 Å². The van der Waals surface area contributed by atoms with Crippen LogP contribution in [0.4, 0.5) is 5.69 Å². The lowest BCUT2D eigenvalue weighted by molar-refractivity contribution is -0.126. The van der Waals surface area contributed by atoms with Gasteiger partial charge in [-0.25, -0.2) is 0 Å². The van der Waals surface area contributed by atoms with Gasteiger partial charge in [0.05, 0.1) is 6.61 Å². The second-order valence-electron chi connectivity index (χ2n) is 8.54. The molecule has 30 heavy (non-hydrogen) atoms. The first kappa shape index (κ1) is 20.0. The Kier molecular flexibility index (Phi) is 5.54. The minimum Gasteiger partial charge on any atom is -0.395 e. The summed E-state index contributed by atoms with van der Waals surface area (Å²) < 4.78 is 5.46. The molecule has 0 bridgehead atoms. The lowest BCUT2D eigenvalue weighted by atomic mass is 9.71. The molecule has 0 unspecified atom stereocenters. The molecule has 0 aliphatic carbocycles. The van der Waals surface area contributed by atoms with Gasteiger partial charge >= 0.3 is 0 Å². The maximum atomic E-state index is 13.4. The van der Waals surface area contributed by atoms with Gasteiger partial charge in [-0.1, -0.05) is 41.9 Å². The molecule has 2 aromatic rings. The first-order valence-corrected chi connectivity index (χ1v) is 11.1. The lowest BCUT2D eigenvalue weighted by Gasteiger charge is -2.59. The molecule has 0 radical (unpaired) electrons. The van der Waals surface area contributed by atoms with Crippen LogP contribution in [0.25, 0.3) is 0 Å². The van der Waals surface area contributed by atoms with Gasteiger partial charge in [-0.2, -0.15) is 0 Å². The lowest BCUT2D eigenvalue weighted by Crippen LogP contribution is -2.69. The van der Waals surface area contributed by atoms with Gasteiger partial charge < -0.3 is 14.7 Å². The van der Waals surface area contributed by atoms with Crippen molar-refractivity contribution in [3.05, 3.63) is 64.7 Å². The summed E-state index contributed by atoms with van der Waals surface area (Å²) in [6, 6.07) is 16.4. The van der Waals surface area contributed by atoms with Crippen molar-refractivity contribution < 1.29 is 14.6 Å². The maximum absolute atomic E-state index is 13.4. The third kappa shape index (κ3) is 3.44. The summed E-state index contributed by atoms with van der Waals surface area (Å²) in [6.07, 6.45) is 1.58. The molecule has 6 heteroatoms. The highest BCUT2D eigenvalue weighted by Crippen LogP contribution is 2.49. The van der Waals surface area contributed by atoms with E-state index in [0.717, 1.165) is 35.7 Å². The molecule has 3 heterocycles. The number of fused-ring (bicyclic) bond motifs is 3. The number of hydrogen-bond donors (Lipinski definition) is 1. The van der Waals surface area contributed by atoms with E-state index in [9.17, 15) is 9.90 Å². The van der Waals surface area contributed by atoms with Crippen molar-refractivity contribution in [3.63, 3.8) is 0 Å². The maximum Gasteiger partial charge on any atom is 0.230 e. The molecule has 3 aliphatic rings. The zero-order chi connectivity index (χ0) is 20.7. The minimum atomic E-state index is 0.0294. The van der Waals surface area contributed by atoms with Crippen molar-refractivity contribution in [2.75, 3.05) is 31.3 Å². The van der Waals surface area contributed by atoms with Crippen LogP contribution in [0.15, 0.2) is 48.5 Å². The fraction of sp³-hybridized carbons (Fsp3) is 0.458. The van der Waals surface area contributed by atoms with Gasteiger partial charge in [-0.05, 0) is 42.2 Å². The van der Waals surface area contributed by atoms with Crippen molar-refractivity contribution >= 4 is 23.2 Å². The van der Waals surface area contributed by atoms with Crippen LogP contribution in [0, 0.1) is 5.92 Å². The molecule has 0 saturated carbocycles. The Morgan fingerprint density at radius 1 is 1.10 bits per heavy atom. The molecular formula is C24H27ClN2O3. The first-order valence-electron chi connectivity index (χ1n) is 10.8. The van der Waals surface area contributed by atoms with Crippen molar-refractivity contribution in [2.24, 2.45) is 5.92 Å². The van der Waals surface area contributed by atoms with Crippen molar-refractivity contribution in [1.29, 1.82) is 0 Å². The van der Waals surface area contributed by atoms with Gasteiger partial charge in [0.1, 0.15) is 0 Å². The minimum absolute atomic E-state index is 0.0294. The number of para-hydroxylation sites is 1. The number of hydrogen-bond acceptors (Lipinski definition) is 4. The molecule has 1 N–H and O–H groups in total. The SMILES string of the molecule is O=C(C1CCOCC1)N1C[C@@H]2[C@@H](c3ccccc31)[C@@H](CO)N2Cc1ccc(Cl)cc1. The van der Waals surface area contributed by atoms with E-state index in [0.29, 0.717) is 19.8 Å². The largest absolute Gasteiger partial charge is 0.395 e. The average molecular weight is 427 g/mol. The second-order valence-corrected chi connectivity index (χ2v) is 8.97. The summed E-state index contributed by atoms with van der Waals surface area (Å²) in [6.45, 7) is 2.84. The Labute approximate surface area is 182 Å². The van der Waals surface area contributed by atoms with Crippen molar-refractivity contribution in [3.8, 4) is 0 Å². The van der Waals surface area contributed by atoms with Gasteiger partial charge in [0, 0.05) is 60.9 Å². The Bertz CT molecular complexity index is 913. The molecule has 5 nitrogen and oxygen atoms in total. The fourth-order valence-corrected chi connectivity index (χ4v) is 5.50. The quantitative estimate of drug-likeness (QED) is 0.813. The molecule has 2 saturated heterocycles. The number of carbonyl (C=O) groups is 1. The Balaban J connectivity index is 1.44. The highest BCUT2D eigenvalue weighted by Gasteiger charge is 2.53. The van der Waals surface area contributed by atoms with Crippen LogP contribution in [0.1, 0.15) is 29.9 Å². The molecule has 3 aliphatic heterocycles. The van der Waals surface area contributed by atoms with E-state index in [4.69, 9.17) is 16.3 Å². The van der Waals surface area contributed by atoms with Gasteiger partial charge in [-0.15, -0.1) is 0 Å². The second kappa shape index (κ2) is 8.31. The smallest absolute Gasteiger partial charge is 0.230 e. The van der Waals surface area contributed by atoms with E-state index < -0.39 is 0 Å². The molecular weight excluding hydrogens is 400 g/mol. The number of likely N-dealkylation sites (tertiary alicyclic amines) is 1. The Hall–Kier alpha value is -1.92. The monoisotopic (exact) mass is 426 g/mol. The van der Waals surface area contributed by atoms with Gasteiger partial charge in [0.25, 0.3) is 0 Å². The number of aliphatic hydroxyl groups is 1. The van der Waals surface area contributed by atoms with Crippen LogP contribution in [-0.4, -0.2) is 54.4 Å². The van der Waals surface area contributed by atoms with Crippen LogP contribution in [0.2, 0.25) is 5.02 Å².